The summed E-state index contributed by atoms with van der Waals surface area (Å²) in [6, 6.07) is 3.50. The fourth-order valence-electron chi connectivity index (χ4n) is 2.03. The van der Waals surface area contributed by atoms with E-state index in [1.807, 2.05) is 0 Å². The Bertz CT molecular complexity index is 451. The van der Waals surface area contributed by atoms with E-state index < -0.39 is 5.60 Å². The van der Waals surface area contributed by atoms with Crippen LogP contribution in [0.2, 0.25) is 10.0 Å². The van der Waals surface area contributed by atoms with Crippen molar-refractivity contribution in [1.82, 2.24) is 5.32 Å². The molecule has 0 spiro atoms. The second-order valence-electron chi connectivity index (χ2n) is 4.71. The van der Waals surface area contributed by atoms with E-state index in [-0.39, 0.29) is 0 Å². The molecule has 1 aromatic carbocycles. The molecule has 6 heteroatoms. The lowest BCUT2D eigenvalue weighted by molar-refractivity contribution is 0.0675. The van der Waals surface area contributed by atoms with Crippen molar-refractivity contribution in [2.75, 3.05) is 25.2 Å². The number of nitrogens with one attached hydrogen (secondary N) is 1. The van der Waals surface area contributed by atoms with Crippen LogP contribution in [0.15, 0.2) is 12.1 Å². The van der Waals surface area contributed by atoms with Crippen LogP contribution in [0.5, 0.6) is 5.75 Å². The number of hydrogen-bond acceptors (Lipinski definition) is 4. The molecular formula is C13H17Cl2NO2S. The Morgan fingerprint density at radius 1 is 1.42 bits per heavy atom. The summed E-state index contributed by atoms with van der Waals surface area (Å²) in [6.07, 6.45) is 0.835. The first kappa shape index (κ1) is 15.3. The lowest BCUT2D eigenvalue weighted by Crippen LogP contribution is -2.40. The standard InChI is InChI=1S/C13H17Cl2NO2S/c1-18-12-5-10(14)9(4-11(12)15)6-16-7-13(17)2-3-19-8-13/h4-5,16-17H,2-3,6-8H2,1H3. The molecule has 2 rings (SSSR count). The van der Waals surface area contributed by atoms with Crippen molar-refractivity contribution in [2.45, 2.75) is 18.6 Å². The minimum absolute atomic E-state index is 0.541. The summed E-state index contributed by atoms with van der Waals surface area (Å²) in [5.74, 6) is 2.38. The Hall–Kier alpha value is -0.130. The number of hydrogen-bond donors (Lipinski definition) is 2. The third-order valence-corrected chi connectivity index (χ3v) is 5.05. The Morgan fingerprint density at radius 2 is 2.21 bits per heavy atom. The van der Waals surface area contributed by atoms with Crippen LogP contribution in [0, 0.1) is 0 Å². The first-order chi connectivity index (χ1) is 9.04. The molecular weight excluding hydrogens is 305 g/mol. The molecule has 2 N–H and O–H groups in total. The minimum atomic E-state index is -0.590. The lowest BCUT2D eigenvalue weighted by Gasteiger charge is -2.22. The molecule has 1 aliphatic heterocycles. The third kappa shape index (κ3) is 3.92. The summed E-state index contributed by atoms with van der Waals surface area (Å²) < 4.78 is 5.10. The molecule has 1 heterocycles. The second-order valence-corrected chi connectivity index (χ2v) is 6.63. The zero-order valence-electron chi connectivity index (χ0n) is 10.7. The summed E-state index contributed by atoms with van der Waals surface area (Å²) in [6.45, 7) is 1.15. The summed E-state index contributed by atoms with van der Waals surface area (Å²) in [4.78, 5) is 0. The van der Waals surface area contributed by atoms with Crippen molar-refractivity contribution in [2.24, 2.45) is 0 Å². The van der Waals surface area contributed by atoms with Crippen molar-refractivity contribution >= 4 is 35.0 Å². The van der Waals surface area contributed by atoms with Crippen LogP contribution in [0.25, 0.3) is 0 Å². The molecule has 1 aliphatic rings. The maximum atomic E-state index is 10.2. The van der Waals surface area contributed by atoms with E-state index in [2.05, 4.69) is 5.32 Å². The maximum Gasteiger partial charge on any atom is 0.138 e. The normalized spacial score (nSPS) is 22.7. The molecule has 1 atom stereocenters. The molecule has 0 bridgehead atoms. The lowest BCUT2D eigenvalue weighted by atomic mass is 10.0. The smallest absolute Gasteiger partial charge is 0.138 e. The van der Waals surface area contributed by atoms with Gasteiger partial charge in [-0.05, 0) is 23.8 Å². The Balaban J connectivity index is 1.94. The highest BCUT2D eigenvalue weighted by atomic mass is 35.5. The van der Waals surface area contributed by atoms with Gasteiger partial charge in [-0.25, -0.2) is 0 Å². The summed E-state index contributed by atoms with van der Waals surface area (Å²) in [7, 11) is 1.56. The van der Waals surface area contributed by atoms with Gasteiger partial charge in [-0.15, -0.1) is 0 Å². The second kappa shape index (κ2) is 6.55. The predicted octanol–water partition coefficient (Wildman–Crippen LogP) is 2.96. The van der Waals surface area contributed by atoms with Gasteiger partial charge in [0.1, 0.15) is 5.75 Å². The van der Waals surface area contributed by atoms with Crippen molar-refractivity contribution in [3.8, 4) is 5.75 Å². The number of halogens is 2. The summed E-state index contributed by atoms with van der Waals surface area (Å²) >= 11 is 14.0. The van der Waals surface area contributed by atoms with E-state index in [1.54, 1.807) is 31.0 Å². The van der Waals surface area contributed by atoms with Crippen LogP contribution >= 0.6 is 35.0 Å². The molecule has 1 aromatic rings. The Labute approximate surface area is 127 Å². The van der Waals surface area contributed by atoms with Crippen molar-refractivity contribution in [1.29, 1.82) is 0 Å². The zero-order valence-corrected chi connectivity index (χ0v) is 13.0. The topological polar surface area (TPSA) is 41.5 Å². The van der Waals surface area contributed by atoms with Crippen LogP contribution in [-0.2, 0) is 6.54 Å². The van der Waals surface area contributed by atoms with E-state index in [9.17, 15) is 5.11 Å². The third-order valence-electron chi connectivity index (χ3n) is 3.17. The largest absolute Gasteiger partial charge is 0.495 e. The van der Waals surface area contributed by atoms with Gasteiger partial charge >= 0.3 is 0 Å². The van der Waals surface area contributed by atoms with Crippen LogP contribution in [0.4, 0.5) is 0 Å². The highest BCUT2D eigenvalue weighted by molar-refractivity contribution is 7.99. The Kier molecular flexibility index (Phi) is 5.26. The number of methoxy groups -OCH3 is 1. The van der Waals surface area contributed by atoms with Crippen molar-refractivity contribution < 1.29 is 9.84 Å². The molecule has 106 valence electrons. The quantitative estimate of drug-likeness (QED) is 0.875. The molecule has 0 aliphatic carbocycles. The van der Waals surface area contributed by atoms with Gasteiger partial charge in [0.25, 0.3) is 0 Å². The number of ether oxygens (including phenoxy) is 1. The van der Waals surface area contributed by atoms with E-state index in [1.165, 1.54) is 0 Å². The van der Waals surface area contributed by atoms with Gasteiger partial charge in [0.2, 0.25) is 0 Å². The fraction of sp³-hybridized carbons (Fsp3) is 0.538. The van der Waals surface area contributed by atoms with Gasteiger partial charge in [0.05, 0.1) is 17.7 Å². The van der Waals surface area contributed by atoms with Crippen LogP contribution in [-0.4, -0.2) is 35.9 Å². The van der Waals surface area contributed by atoms with E-state index in [4.69, 9.17) is 27.9 Å². The molecule has 0 saturated carbocycles. The number of rotatable bonds is 5. The highest BCUT2D eigenvalue weighted by Crippen LogP contribution is 2.31. The van der Waals surface area contributed by atoms with E-state index >= 15 is 0 Å². The minimum Gasteiger partial charge on any atom is -0.495 e. The fourth-order valence-corrected chi connectivity index (χ4v) is 3.81. The molecule has 3 nitrogen and oxygen atoms in total. The van der Waals surface area contributed by atoms with E-state index in [0.29, 0.717) is 28.9 Å². The zero-order chi connectivity index (χ0) is 13.9. The Morgan fingerprint density at radius 3 is 2.84 bits per heavy atom. The first-order valence-electron chi connectivity index (χ1n) is 6.07. The number of thioether (sulfide) groups is 1. The van der Waals surface area contributed by atoms with Gasteiger partial charge < -0.3 is 15.2 Å². The SMILES string of the molecule is COc1cc(Cl)c(CNCC2(O)CCSC2)cc1Cl. The molecule has 1 unspecified atom stereocenters. The van der Waals surface area contributed by atoms with Crippen LogP contribution < -0.4 is 10.1 Å². The van der Waals surface area contributed by atoms with Gasteiger partial charge in [0, 0.05) is 29.9 Å². The summed E-state index contributed by atoms with van der Waals surface area (Å²) in [5, 5.41) is 14.6. The van der Waals surface area contributed by atoms with Gasteiger partial charge in [-0.2, -0.15) is 11.8 Å². The number of aliphatic hydroxyl groups is 1. The monoisotopic (exact) mass is 321 g/mol. The molecule has 19 heavy (non-hydrogen) atoms. The van der Waals surface area contributed by atoms with Gasteiger partial charge in [-0.1, -0.05) is 23.2 Å². The van der Waals surface area contributed by atoms with Crippen molar-refractivity contribution in [3.05, 3.63) is 27.7 Å². The molecule has 1 fully saturated rings. The van der Waals surface area contributed by atoms with Crippen molar-refractivity contribution in [3.63, 3.8) is 0 Å². The van der Waals surface area contributed by atoms with E-state index in [0.717, 1.165) is 23.5 Å². The maximum absolute atomic E-state index is 10.2. The average Bonchev–Trinajstić information content (AvgIpc) is 2.80. The molecule has 0 amide bonds. The number of benzene rings is 1. The highest BCUT2D eigenvalue weighted by Gasteiger charge is 2.31. The van der Waals surface area contributed by atoms with Gasteiger partial charge in [0.15, 0.2) is 0 Å². The molecule has 1 saturated heterocycles. The van der Waals surface area contributed by atoms with Gasteiger partial charge in [-0.3, -0.25) is 0 Å². The average molecular weight is 322 g/mol. The first-order valence-corrected chi connectivity index (χ1v) is 7.98. The van der Waals surface area contributed by atoms with Crippen LogP contribution in [0.3, 0.4) is 0 Å². The molecule has 0 aromatic heterocycles. The van der Waals surface area contributed by atoms with Crippen LogP contribution in [0.1, 0.15) is 12.0 Å². The molecule has 0 radical (unpaired) electrons. The predicted molar refractivity (Wildman–Crippen MR) is 81.6 cm³/mol. The summed E-state index contributed by atoms with van der Waals surface area (Å²) in [5.41, 5.74) is 0.314.